The summed E-state index contributed by atoms with van der Waals surface area (Å²) in [5.41, 5.74) is 0. The number of hydrogen-bond donors (Lipinski definition) is 1. The second-order valence-electron chi connectivity index (χ2n) is 12.6. The fourth-order valence-corrected chi connectivity index (χ4v) is 5.33. The normalized spacial score (nSPS) is 12.5. The second-order valence-corrected chi connectivity index (χ2v) is 12.6. The number of aliphatic hydroxyl groups is 1. The first-order valence-electron chi connectivity index (χ1n) is 19.0. The minimum atomic E-state index is -0.774. The molecule has 0 aromatic heterocycles. The minimum absolute atomic E-state index is 0.0724. The fraction of sp³-hybridized carbons (Fsp3) is 0.800. The van der Waals surface area contributed by atoms with Crippen molar-refractivity contribution in [3.05, 3.63) is 36.5 Å². The number of aliphatic hydroxyl groups excluding tert-OH is 1. The molecular weight excluding hydrogens is 560 g/mol. The summed E-state index contributed by atoms with van der Waals surface area (Å²) in [5, 5.41) is 9.54. The zero-order valence-corrected chi connectivity index (χ0v) is 29.6. The molecule has 45 heavy (non-hydrogen) atoms. The predicted molar refractivity (Wildman–Crippen MR) is 191 cm³/mol. The third-order valence-corrected chi connectivity index (χ3v) is 8.20. The van der Waals surface area contributed by atoms with Crippen LogP contribution in [0.5, 0.6) is 0 Å². The Morgan fingerprint density at radius 1 is 0.533 bits per heavy atom. The third kappa shape index (κ3) is 34.8. The first kappa shape index (κ1) is 43.1. The van der Waals surface area contributed by atoms with Gasteiger partial charge in [0.2, 0.25) is 0 Å². The van der Waals surface area contributed by atoms with Crippen LogP contribution in [0.4, 0.5) is 0 Å². The number of esters is 2. The number of ether oxygens (including phenoxy) is 2. The van der Waals surface area contributed by atoms with Crippen LogP contribution >= 0.6 is 0 Å². The zero-order chi connectivity index (χ0) is 32.9. The molecule has 0 bridgehead atoms. The molecule has 0 aliphatic carbocycles. The highest BCUT2D eigenvalue weighted by molar-refractivity contribution is 5.70. The van der Waals surface area contributed by atoms with Crippen LogP contribution in [0.3, 0.4) is 0 Å². The maximum Gasteiger partial charge on any atom is 0.306 e. The lowest BCUT2D eigenvalue weighted by atomic mass is 10.0. The van der Waals surface area contributed by atoms with Crippen molar-refractivity contribution in [2.75, 3.05) is 13.2 Å². The van der Waals surface area contributed by atoms with Crippen molar-refractivity contribution in [3.8, 4) is 0 Å². The molecule has 0 aliphatic rings. The maximum absolute atomic E-state index is 12.2. The van der Waals surface area contributed by atoms with E-state index in [-0.39, 0.29) is 25.2 Å². The molecule has 5 nitrogen and oxygen atoms in total. The van der Waals surface area contributed by atoms with Gasteiger partial charge in [0, 0.05) is 12.8 Å². The number of rotatable bonds is 34. The molecule has 0 aromatic rings. The Morgan fingerprint density at radius 2 is 0.956 bits per heavy atom. The van der Waals surface area contributed by atoms with Crippen LogP contribution < -0.4 is 0 Å². The predicted octanol–water partition coefficient (Wildman–Crippen LogP) is 11.7. The van der Waals surface area contributed by atoms with Crippen molar-refractivity contribution < 1.29 is 24.2 Å². The molecule has 0 aromatic carbocycles. The van der Waals surface area contributed by atoms with Gasteiger partial charge in [0.1, 0.15) is 6.61 Å². The van der Waals surface area contributed by atoms with Crippen LogP contribution in [0.25, 0.3) is 0 Å². The van der Waals surface area contributed by atoms with E-state index >= 15 is 0 Å². The molecule has 262 valence electrons. The van der Waals surface area contributed by atoms with Gasteiger partial charge in [-0.05, 0) is 44.9 Å². The molecule has 0 aliphatic heterocycles. The van der Waals surface area contributed by atoms with E-state index in [4.69, 9.17) is 9.47 Å². The molecule has 0 radical (unpaired) electrons. The lowest BCUT2D eigenvalue weighted by Crippen LogP contribution is -2.28. The molecule has 1 atom stereocenters. The number of carbonyl (C=O) groups excluding carboxylic acids is 2. The van der Waals surface area contributed by atoms with Gasteiger partial charge in [-0.25, -0.2) is 0 Å². The van der Waals surface area contributed by atoms with Crippen molar-refractivity contribution in [2.24, 2.45) is 0 Å². The van der Waals surface area contributed by atoms with Crippen molar-refractivity contribution in [2.45, 2.75) is 193 Å². The van der Waals surface area contributed by atoms with E-state index in [1.165, 1.54) is 96.3 Å². The fourth-order valence-electron chi connectivity index (χ4n) is 5.33. The largest absolute Gasteiger partial charge is 0.462 e. The Bertz CT molecular complexity index is 726. The molecule has 0 saturated heterocycles. The van der Waals surface area contributed by atoms with Gasteiger partial charge in [0.25, 0.3) is 0 Å². The van der Waals surface area contributed by atoms with E-state index in [1.54, 1.807) is 0 Å². The van der Waals surface area contributed by atoms with Gasteiger partial charge in [0.05, 0.1) is 6.61 Å². The molecule has 0 spiro atoms. The lowest BCUT2D eigenvalue weighted by molar-refractivity contribution is -0.161. The SMILES string of the molecule is CC/C=C\C/C=C\C/C=C\CCCCCCCC(=O)OC[C@H](CO)OC(=O)CCCCCCCCCCCCCCCCCC. The second kappa shape index (κ2) is 36.6. The van der Waals surface area contributed by atoms with Gasteiger partial charge >= 0.3 is 11.9 Å². The lowest BCUT2D eigenvalue weighted by Gasteiger charge is -2.15. The van der Waals surface area contributed by atoms with E-state index < -0.39 is 6.10 Å². The molecule has 0 rings (SSSR count). The monoisotopic (exact) mass is 633 g/mol. The van der Waals surface area contributed by atoms with Crippen LogP contribution in [0.15, 0.2) is 36.5 Å². The third-order valence-electron chi connectivity index (χ3n) is 8.20. The summed E-state index contributed by atoms with van der Waals surface area (Å²) in [6.45, 7) is 4.01. The average Bonchev–Trinajstić information content (AvgIpc) is 3.04. The molecule has 0 heterocycles. The maximum atomic E-state index is 12.2. The van der Waals surface area contributed by atoms with Crippen LogP contribution in [0, 0.1) is 0 Å². The van der Waals surface area contributed by atoms with Crippen molar-refractivity contribution in [1.29, 1.82) is 0 Å². The smallest absolute Gasteiger partial charge is 0.306 e. The zero-order valence-electron chi connectivity index (χ0n) is 29.6. The number of carbonyl (C=O) groups is 2. The quantitative estimate of drug-likeness (QED) is 0.0434. The Kier molecular flexibility index (Phi) is 35.1. The van der Waals surface area contributed by atoms with Crippen LogP contribution in [0.1, 0.15) is 187 Å². The first-order chi connectivity index (χ1) is 22.1. The van der Waals surface area contributed by atoms with Gasteiger partial charge in [-0.2, -0.15) is 0 Å². The summed E-state index contributed by atoms with van der Waals surface area (Å²) >= 11 is 0. The molecule has 0 amide bonds. The van der Waals surface area contributed by atoms with Crippen molar-refractivity contribution >= 4 is 11.9 Å². The van der Waals surface area contributed by atoms with Crippen LogP contribution in [0.2, 0.25) is 0 Å². The van der Waals surface area contributed by atoms with Gasteiger partial charge in [0.15, 0.2) is 6.10 Å². The Hall–Kier alpha value is -1.88. The number of unbranched alkanes of at least 4 members (excludes halogenated alkanes) is 20. The van der Waals surface area contributed by atoms with E-state index in [1.807, 2.05) is 0 Å². The molecule has 5 heteroatoms. The number of allylic oxidation sites excluding steroid dienone is 6. The van der Waals surface area contributed by atoms with Crippen molar-refractivity contribution in [3.63, 3.8) is 0 Å². The summed E-state index contributed by atoms with van der Waals surface area (Å²) < 4.78 is 10.6. The van der Waals surface area contributed by atoms with E-state index in [9.17, 15) is 14.7 Å². The molecule has 0 unspecified atom stereocenters. The summed E-state index contributed by atoms with van der Waals surface area (Å²) in [7, 11) is 0. The van der Waals surface area contributed by atoms with Gasteiger partial charge < -0.3 is 14.6 Å². The highest BCUT2D eigenvalue weighted by Gasteiger charge is 2.16. The van der Waals surface area contributed by atoms with Gasteiger partial charge in [-0.1, -0.05) is 166 Å². The minimum Gasteiger partial charge on any atom is -0.462 e. The standard InChI is InChI=1S/C40H72O5/c1-3-5-7-9-11-13-15-17-19-21-23-25-27-29-31-33-35-40(43)45-38(36-41)37-44-39(42)34-32-30-28-26-24-22-20-18-16-14-12-10-8-6-4-2/h6,8,12,14,18,20,38,41H,3-5,7,9-11,13,15-17,19,21-37H2,1-2H3/b8-6-,14-12-,20-18-/t38-/m0/s1. The Labute approximate surface area is 278 Å². The summed E-state index contributed by atoms with van der Waals surface area (Å²) in [4.78, 5) is 24.2. The van der Waals surface area contributed by atoms with Crippen LogP contribution in [-0.4, -0.2) is 36.4 Å². The van der Waals surface area contributed by atoms with Crippen molar-refractivity contribution in [1.82, 2.24) is 0 Å². The summed E-state index contributed by atoms with van der Waals surface area (Å²) in [5.74, 6) is -0.606. The molecule has 1 N–H and O–H groups in total. The highest BCUT2D eigenvalue weighted by Crippen LogP contribution is 2.14. The summed E-state index contributed by atoms with van der Waals surface area (Å²) in [6.07, 6.45) is 43.4. The first-order valence-corrected chi connectivity index (χ1v) is 19.0. The van der Waals surface area contributed by atoms with E-state index in [0.29, 0.717) is 12.8 Å². The van der Waals surface area contributed by atoms with E-state index in [0.717, 1.165) is 64.2 Å². The van der Waals surface area contributed by atoms with Gasteiger partial charge in [-0.15, -0.1) is 0 Å². The molecule has 0 saturated carbocycles. The molecular formula is C40H72O5. The Balaban J connectivity index is 3.57. The Morgan fingerprint density at radius 3 is 1.44 bits per heavy atom. The topological polar surface area (TPSA) is 72.8 Å². The average molecular weight is 633 g/mol. The van der Waals surface area contributed by atoms with Gasteiger partial charge in [-0.3, -0.25) is 9.59 Å². The molecule has 0 fully saturated rings. The van der Waals surface area contributed by atoms with E-state index in [2.05, 4.69) is 50.3 Å². The van der Waals surface area contributed by atoms with Crippen LogP contribution in [-0.2, 0) is 19.1 Å². The summed E-state index contributed by atoms with van der Waals surface area (Å²) in [6, 6.07) is 0. The highest BCUT2D eigenvalue weighted by atomic mass is 16.6. The number of hydrogen-bond acceptors (Lipinski definition) is 5.